The van der Waals surface area contributed by atoms with Gasteiger partial charge in [-0.15, -0.1) is 0 Å². The van der Waals surface area contributed by atoms with E-state index in [2.05, 4.69) is 20.6 Å². The lowest BCUT2D eigenvalue weighted by Crippen LogP contribution is -2.16. The number of ether oxygens (including phenoxy) is 1. The summed E-state index contributed by atoms with van der Waals surface area (Å²) in [5, 5.41) is 5.96. The van der Waals surface area contributed by atoms with Gasteiger partial charge in [0.15, 0.2) is 0 Å². The van der Waals surface area contributed by atoms with Crippen LogP contribution in [0.2, 0.25) is 0 Å². The van der Waals surface area contributed by atoms with Gasteiger partial charge >= 0.3 is 0 Å². The normalized spacial score (nSPS) is 10.5. The lowest BCUT2D eigenvalue weighted by molar-refractivity contribution is 0.102. The predicted molar refractivity (Wildman–Crippen MR) is 107 cm³/mol. The first-order valence-corrected chi connectivity index (χ1v) is 8.75. The van der Waals surface area contributed by atoms with Gasteiger partial charge in [0.2, 0.25) is 5.95 Å². The van der Waals surface area contributed by atoms with Crippen molar-refractivity contribution in [1.82, 2.24) is 9.97 Å². The monoisotopic (exact) mass is 362 g/mol. The first-order valence-electron chi connectivity index (χ1n) is 8.75. The molecule has 0 spiro atoms. The molecule has 0 saturated carbocycles. The highest BCUT2D eigenvalue weighted by Gasteiger charge is 2.13. The molecule has 0 bridgehead atoms. The number of rotatable bonds is 6. The van der Waals surface area contributed by atoms with Gasteiger partial charge < -0.3 is 15.4 Å². The van der Waals surface area contributed by atoms with Crippen LogP contribution < -0.4 is 15.4 Å². The SMILES string of the molecule is Cc1cccc(Nc2nccc(C(=O)Nc3ccccc3OC(C)C)n2)c1. The molecule has 0 aliphatic heterocycles. The molecule has 2 aromatic carbocycles. The molecular weight excluding hydrogens is 340 g/mol. The van der Waals surface area contributed by atoms with E-state index >= 15 is 0 Å². The molecule has 27 heavy (non-hydrogen) atoms. The molecule has 2 N–H and O–H groups in total. The molecule has 0 atom stereocenters. The Labute approximate surface area is 158 Å². The summed E-state index contributed by atoms with van der Waals surface area (Å²) in [5.74, 6) is 0.650. The zero-order valence-electron chi connectivity index (χ0n) is 15.6. The van der Waals surface area contributed by atoms with Gasteiger partial charge in [-0.3, -0.25) is 4.79 Å². The van der Waals surface area contributed by atoms with Crippen molar-refractivity contribution in [2.24, 2.45) is 0 Å². The summed E-state index contributed by atoms with van der Waals surface area (Å²) in [6.07, 6.45) is 1.56. The van der Waals surface area contributed by atoms with Gasteiger partial charge in [-0.25, -0.2) is 9.97 Å². The van der Waals surface area contributed by atoms with Crippen LogP contribution in [-0.2, 0) is 0 Å². The van der Waals surface area contributed by atoms with Crippen LogP contribution >= 0.6 is 0 Å². The van der Waals surface area contributed by atoms with Crippen LogP contribution in [0.4, 0.5) is 17.3 Å². The summed E-state index contributed by atoms with van der Waals surface area (Å²) in [6, 6.07) is 16.7. The molecule has 0 aliphatic carbocycles. The Bertz CT molecular complexity index is 941. The second kappa shape index (κ2) is 8.31. The van der Waals surface area contributed by atoms with Crippen molar-refractivity contribution in [1.29, 1.82) is 0 Å². The summed E-state index contributed by atoms with van der Waals surface area (Å²) in [7, 11) is 0. The lowest BCUT2D eigenvalue weighted by Gasteiger charge is -2.14. The number of hydrogen-bond acceptors (Lipinski definition) is 5. The van der Waals surface area contributed by atoms with Crippen molar-refractivity contribution in [2.75, 3.05) is 10.6 Å². The zero-order chi connectivity index (χ0) is 19.2. The number of aryl methyl sites for hydroxylation is 1. The Kier molecular flexibility index (Phi) is 5.66. The fraction of sp³-hybridized carbons (Fsp3) is 0.190. The summed E-state index contributed by atoms with van der Waals surface area (Å²) in [6.45, 7) is 5.88. The molecule has 1 amide bonds. The minimum absolute atomic E-state index is 0.00670. The molecule has 1 aromatic heterocycles. The van der Waals surface area contributed by atoms with Crippen LogP contribution in [0.25, 0.3) is 0 Å². The molecule has 6 nitrogen and oxygen atoms in total. The Morgan fingerprint density at radius 2 is 1.89 bits per heavy atom. The number of nitrogens with zero attached hydrogens (tertiary/aromatic N) is 2. The average Bonchev–Trinajstić information content (AvgIpc) is 2.63. The highest BCUT2D eigenvalue weighted by Crippen LogP contribution is 2.25. The van der Waals surface area contributed by atoms with Crippen molar-refractivity contribution in [3.8, 4) is 5.75 Å². The van der Waals surface area contributed by atoms with Gasteiger partial charge in [0.05, 0.1) is 11.8 Å². The minimum atomic E-state index is -0.329. The Morgan fingerprint density at radius 3 is 2.67 bits per heavy atom. The Morgan fingerprint density at radius 1 is 1.07 bits per heavy atom. The predicted octanol–water partition coefficient (Wildman–Crippen LogP) is 4.57. The van der Waals surface area contributed by atoms with E-state index in [4.69, 9.17) is 4.74 Å². The van der Waals surface area contributed by atoms with Gasteiger partial charge in [0.25, 0.3) is 5.91 Å². The van der Waals surface area contributed by atoms with E-state index in [1.165, 1.54) is 0 Å². The molecule has 0 fully saturated rings. The van der Waals surface area contributed by atoms with Crippen LogP contribution in [0, 0.1) is 6.92 Å². The summed E-state index contributed by atoms with van der Waals surface area (Å²) < 4.78 is 5.74. The fourth-order valence-corrected chi connectivity index (χ4v) is 2.51. The molecule has 0 aliphatic rings. The van der Waals surface area contributed by atoms with Gasteiger partial charge in [-0.2, -0.15) is 0 Å². The minimum Gasteiger partial charge on any atom is -0.489 e. The quantitative estimate of drug-likeness (QED) is 0.672. The number of aromatic nitrogens is 2. The first-order chi connectivity index (χ1) is 13.0. The summed E-state index contributed by atoms with van der Waals surface area (Å²) in [5.41, 5.74) is 2.85. The third-order valence-electron chi connectivity index (χ3n) is 3.66. The number of nitrogens with one attached hydrogen (secondary N) is 2. The number of benzene rings is 2. The highest BCUT2D eigenvalue weighted by atomic mass is 16.5. The van der Waals surface area contributed by atoms with Crippen molar-refractivity contribution in [3.05, 3.63) is 72.1 Å². The third-order valence-corrected chi connectivity index (χ3v) is 3.66. The number of amides is 1. The Hall–Kier alpha value is -3.41. The molecule has 0 radical (unpaired) electrons. The number of anilines is 3. The molecule has 6 heteroatoms. The van der Waals surface area contributed by atoms with Crippen LogP contribution in [-0.4, -0.2) is 22.0 Å². The molecule has 0 saturated heterocycles. The van der Waals surface area contributed by atoms with E-state index in [0.717, 1.165) is 11.3 Å². The van der Waals surface area contributed by atoms with E-state index in [0.29, 0.717) is 17.4 Å². The zero-order valence-corrected chi connectivity index (χ0v) is 15.6. The molecule has 0 unspecified atom stereocenters. The third kappa shape index (κ3) is 5.04. The van der Waals surface area contributed by atoms with Gasteiger partial charge in [0, 0.05) is 11.9 Å². The highest BCUT2D eigenvalue weighted by molar-refractivity contribution is 6.03. The maximum absolute atomic E-state index is 12.6. The number of para-hydroxylation sites is 2. The standard InChI is InChI=1S/C21H22N4O2/c1-14(2)27-19-10-5-4-9-17(19)24-20(26)18-11-12-22-21(25-18)23-16-8-6-7-15(3)13-16/h4-14H,1-3H3,(H,24,26)(H,22,23,25). The number of hydrogen-bond donors (Lipinski definition) is 2. The topological polar surface area (TPSA) is 76.1 Å². The van der Waals surface area contributed by atoms with E-state index in [9.17, 15) is 4.79 Å². The first kappa shape index (κ1) is 18.4. The molecule has 1 heterocycles. The second-order valence-electron chi connectivity index (χ2n) is 6.38. The van der Waals surface area contributed by atoms with E-state index in [1.54, 1.807) is 18.3 Å². The van der Waals surface area contributed by atoms with Crippen LogP contribution in [0.1, 0.15) is 29.9 Å². The second-order valence-corrected chi connectivity index (χ2v) is 6.38. The van der Waals surface area contributed by atoms with Crippen molar-refractivity contribution >= 4 is 23.2 Å². The smallest absolute Gasteiger partial charge is 0.274 e. The largest absolute Gasteiger partial charge is 0.489 e. The number of carbonyl (C=O) groups is 1. The van der Waals surface area contributed by atoms with Gasteiger partial charge in [0.1, 0.15) is 11.4 Å². The van der Waals surface area contributed by atoms with Gasteiger partial charge in [-0.1, -0.05) is 24.3 Å². The van der Waals surface area contributed by atoms with Gasteiger partial charge in [-0.05, 0) is 56.7 Å². The molecule has 3 rings (SSSR count). The molecule has 3 aromatic rings. The molecular formula is C21H22N4O2. The fourth-order valence-electron chi connectivity index (χ4n) is 2.51. The van der Waals surface area contributed by atoms with Crippen LogP contribution in [0.5, 0.6) is 5.75 Å². The Balaban J connectivity index is 1.76. The maximum Gasteiger partial charge on any atom is 0.274 e. The van der Waals surface area contributed by atoms with Crippen molar-refractivity contribution in [2.45, 2.75) is 26.9 Å². The van der Waals surface area contributed by atoms with E-state index < -0.39 is 0 Å². The number of carbonyl (C=O) groups excluding carboxylic acids is 1. The van der Waals surface area contributed by atoms with E-state index in [-0.39, 0.29) is 17.7 Å². The molecule has 138 valence electrons. The maximum atomic E-state index is 12.6. The van der Waals surface area contributed by atoms with E-state index in [1.807, 2.05) is 63.2 Å². The summed E-state index contributed by atoms with van der Waals surface area (Å²) in [4.78, 5) is 21.1. The lowest BCUT2D eigenvalue weighted by atomic mass is 10.2. The van der Waals surface area contributed by atoms with Crippen molar-refractivity contribution in [3.63, 3.8) is 0 Å². The summed E-state index contributed by atoms with van der Waals surface area (Å²) >= 11 is 0. The van der Waals surface area contributed by atoms with Crippen LogP contribution in [0.15, 0.2) is 60.8 Å². The average molecular weight is 362 g/mol. The van der Waals surface area contributed by atoms with Crippen LogP contribution in [0.3, 0.4) is 0 Å². The van der Waals surface area contributed by atoms with Crippen molar-refractivity contribution < 1.29 is 9.53 Å².